The summed E-state index contributed by atoms with van der Waals surface area (Å²) in [6.07, 6.45) is 8.01. The number of aromatic nitrogens is 3. The molecule has 0 unspecified atom stereocenters. The predicted molar refractivity (Wildman–Crippen MR) is 127 cm³/mol. The summed E-state index contributed by atoms with van der Waals surface area (Å²) in [7, 11) is 0. The average Bonchev–Trinajstić information content (AvgIpc) is 3.16. The van der Waals surface area contributed by atoms with Crippen molar-refractivity contribution < 1.29 is 19.1 Å². The summed E-state index contributed by atoms with van der Waals surface area (Å²) in [4.78, 5) is 47.7. The molecule has 3 aromatic rings. The summed E-state index contributed by atoms with van der Waals surface area (Å²) in [5.41, 5.74) is 7.47. The van der Waals surface area contributed by atoms with Gasteiger partial charge >= 0.3 is 11.9 Å². The zero-order valence-corrected chi connectivity index (χ0v) is 19.4. The Bertz CT molecular complexity index is 1440. The van der Waals surface area contributed by atoms with E-state index < -0.39 is 23.4 Å². The highest BCUT2D eigenvalue weighted by molar-refractivity contribution is 7.07. The molecule has 2 N–H and O–H groups in total. The molecule has 4 heterocycles. The molecule has 0 aromatic carbocycles. The molecule has 0 bridgehead atoms. The van der Waals surface area contributed by atoms with Crippen LogP contribution in [0, 0.1) is 0 Å². The first kappa shape index (κ1) is 23.1. The highest BCUT2D eigenvalue weighted by atomic mass is 32.1. The first-order chi connectivity index (χ1) is 16.5. The minimum atomic E-state index is -0.895. The van der Waals surface area contributed by atoms with Gasteiger partial charge in [0.1, 0.15) is 10.5 Å². The minimum absolute atomic E-state index is 0.000959. The number of esters is 2. The third-order valence-corrected chi connectivity index (χ3v) is 6.29. The third kappa shape index (κ3) is 4.15. The van der Waals surface area contributed by atoms with Gasteiger partial charge < -0.3 is 15.2 Å². The second-order valence-electron chi connectivity index (χ2n) is 7.20. The van der Waals surface area contributed by atoms with Crippen molar-refractivity contribution in [2.45, 2.75) is 19.8 Å². The van der Waals surface area contributed by atoms with Crippen LogP contribution < -0.4 is 20.5 Å². The van der Waals surface area contributed by atoms with Crippen LogP contribution in [-0.2, 0) is 19.1 Å². The van der Waals surface area contributed by atoms with Crippen molar-refractivity contribution >= 4 is 40.7 Å². The van der Waals surface area contributed by atoms with Crippen LogP contribution in [0.25, 0.3) is 17.5 Å². The van der Waals surface area contributed by atoms with E-state index in [4.69, 9.17) is 15.2 Å². The van der Waals surface area contributed by atoms with Gasteiger partial charge in [-0.05, 0) is 55.3 Å². The lowest BCUT2D eigenvalue weighted by atomic mass is 9.83. The fraction of sp³-hybridized carbons (Fsp3) is 0.208. The Labute approximate surface area is 198 Å². The molecule has 4 rings (SSSR count). The van der Waals surface area contributed by atoms with Crippen molar-refractivity contribution in [3.63, 3.8) is 0 Å². The van der Waals surface area contributed by atoms with E-state index in [0.29, 0.717) is 14.8 Å². The van der Waals surface area contributed by atoms with Gasteiger partial charge in [0.05, 0.1) is 34.8 Å². The number of pyridine rings is 2. The molecule has 9 nitrogen and oxygen atoms in total. The molecule has 0 saturated heterocycles. The summed E-state index contributed by atoms with van der Waals surface area (Å²) in [5.74, 6) is -2.34. The number of carbonyl (C=O) groups excluding carboxylic acids is 2. The largest absolute Gasteiger partial charge is 0.463 e. The molecule has 0 fully saturated rings. The monoisotopic (exact) mass is 478 g/mol. The second-order valence-corrected chi connectivity index (χ2v) is 8.23. The van der Waals surface area contributed by atoms with Crippen LogP contribution in [-0.4, -0.2) is 39.7 Å². The van der Waals surface area contributed by atoms with E-state index in [2.05, 4.69) is 9.97 Å². The van der Waals surface area contributed by atoms with Crippen molar-refractivity contribution in [3.05, 3.63) is 85.3 Å². The molecule has 3 aromatic heterocycles. The van der Waals surface area contributed by atoms with Crippen molar-refractivity contribution in [2.75, 3.05) is 13.2 Å². The molecular weight excluding hydrogens is 456 g/mol. The van der Waals surface area contributed by atoms with Gasteiger partial charge in [0.15, 0.2) is 0 Å². The van der Waals surface area contributed by atoms with Gasteiger partial charge in [-0.15, -0.1) is 11.3 Å². The first-order valence-electron chi connectivity index (χ1n) is 10.6. The number of carbonyl (C=O) groups is 2. The van der Waals surface area contributed by atoms with Crippen LogP contribution >= 0.6 is 11.3 Å². The lowest BCUT2D eigenvalue weighted by Gasteiger charge is -2.26. The molecule has 1 aliphatic rings. The number of thiazole rings is 1. The Kier molecular flexibility index (Phi) is 6.69. The molecule has 1 aliphatic heterocycles. The second kappa shape index (κ2) is 9.84. The summed E-state index contributed by atoms with van der Waals surface area (Å²) < 4.78 is 12.4. The van der Waals surface area contributed by atoms with Crippen molar-refractivity contribution in [2.24, 2.45) is 5.73 Å². The van der Waals surface area contributed by atoms with Crippen LogP contribution in [0.4, 0.5) is 0 Å². The molecule has 1 atom stereocenters. The Balaban J connectivity index is 2.11. The van der Waals surface area contributed by atoms with Gasteiger partial charge in [0, 0.05) is 24.8 Å². The minimum Gasteiger partial charge on any atom is -0.463 e. The number of ether oxygens (including phenoxy) is 2. The summed E-state index contributed by atoms with van der Waals surface area (Å²) >= 11 is 1.10. The van der Waals surface area contributed by atoms with Crippen molar-refractivity contribution in [1.29, 1.82) is 0 Å². The average molecular weight is 479 g/mol. The van der Waals surface area contributed by atoms with Gasteiger partial charge in [-0.1, -0.05) is 0 Å². The SMILES string of the molecule is CCOC(=O)C1=C(N)n2c(s/c(=C/c3ccncc3)c2=O)=C(C(=O)OCC)[C@@H]1c1ccncc1. The summed E-state index contributed by atoms with van der Waals surface area (Å²) in [5, 5.41) is 0. The summed E-state index contributed by atoms with van der Waals surface area (Å²) in [6.45, 7) is 3.56. The molecular formula is C24H22N4O5S. The van der Waals surface area contributed by atoms with Crippen LogP contribution in [0.1, 0.15) is 30.9 Å². The number of nitrogens with two attached hydrogens (primary N) is 1. The van der Waals surface area contributed by atoms with E-state index in [1.807, 2.05) is 0 Å². The van der Waals surface area contributed by atoms with Gasteiger partial charge in [-0.25, -0.2) is 9.59 Å². The number of fused-ring (bicyclic) bond motifs is 1. The van der Waals surface area contributed by atoms with E-state index in [1.165, 1.54) is 4.57 Å². The van der Waals surface area contributed by atoms with Crippen LogP contribution in [0.5, 0.6) is 0 Å². The number of rotatable bonds is 6. The molecule has 0 aliphatic carbocycles. The number of nitrogens with zero attached hydrogens (tertiary/aromatic N) is 3. The fourth-order valence-electron chi connectivity index (χ4n) is 3.76. The van der Waals surface area contributed by atoms with E-state index >= 15 is 0 Å². The standard InChI is InChI=1S/C24H22N4O5S/c1-3-32-23(30)18-17(15-7-11-27-12-8-15)19(24(31)33-4-2)22-28(20(18)25)21(29)16(34-22)13-14-5-9-26-10-6-14/h5-13,17H,3-4,25H2,1-2H3/b16-13+/t17-/m1/s1. The lowest BCUT2D eigenvalue weighted by molar-refractivity contribution is -0.138. The molecule has 0 spiro atoms. The van der Waals surface area contributed by atoms with E-state index in [-0.39, 0.29) is 30.2 Å². The van der Waals surface area contributed by atoms with E-state index in [9.17, 15) is 14.4 Å². The van der Waals surface area contributed by atoms with Gasteiger partial charge in [-0.2, -0.15) is 0 Å². The molecule has 0 amide bonds. The van der Waals surface area contributed by atoms with E-state index in [1.54, 1.807) is 69.0 Å². The van der Waals surface area contributed by atoms with Crippen molar-refractivity contribution in [1.82, 2.24) is 14.5 Å². The highest BCUT2D eigenvalue weighted by Crippen LogP contribution is 2.37. The first-order valence-corrected chi connectivity index (χ1v) is 11.4. The maximum atomic E-state index is 13.4. The van der Waals surface area contributed by atoms with Crippen LogP contribution in [0.3, 0.4) is 0 Å². The zero-order chi connectivity index (χ0) is 24.2. The molecule has 0 radical (unpaired) electrons. The fourth-order valence-corrected chi connectivity index (χ4v) is 4.93. The lowest BCUT2D eigenvalue weighted by Crippen LogP contribution is -2.42. The zero-order valence-electron chi connectivity index (χ0n) is 18.6. The highest BCUT2D eigenvalue weighted by Gasteiger charge is 2.39. The maximum Gasteiger partial charge on any atom is 0.338 e. The quantitative estimate of drug-likeness (QED) is 0.514. The van der Waals surface area contributed by atoms with E-state index in [0.717, 1.165) is 16.9 Å². The van der Waals surface area contributed by atoms with Gasteiger partial charge in [0.2, 0.25) is 0 Å². The molecule has 174 valence electrons. The smallest absolute Gasteiger partial charge is 0.338 e. The Morgan fingerprint density at radius 2 is 1.56 bits per heavy atom. The van der Waals surface area contributed by atoms with Crippen LogP contribution in [0.15, 0.2) is 59.4 Å². The topological polar surface area (TPSA) is 126 Å². The van der Waals surface area contributed by atoms with Crippen LogP contribution in [0.2, 0.25) is 0 Å². The van der Waals surface area contributed by atoms with Crippen molar-refractivity contribution in [3.8, 4) is 0 Å². The third-order valence-electron chi connectivity index (χ3n) is 5.18. The molecule has 34 heavy (non-hydrogen) atoms. The number of hydrogen-bond acceptors (Lipinski definition) is 9. The molecule has 0 saturated carbocycles. The Morgan fingerprint density at radius 1 is 1.00 bits per heavy atom. The van der Waals surface area contributed by atoms with Gasteiger partial charge in [0.25, 0.3) is 5.56 Å². The molecule has 10 heteroatoms. The normalized spacial score (nSPS) is 15.8. The summed E-state index contributed by atoms with van der Waals surface area (Å²) in [6, 6.07) is 6.87. The van der Waals surface area contributed by atoms with Gasteiger partial charge in [-0.3, -0.25) is 19.3 Å². The number of hydrogen-bond donors (Lipinski definition) is 1. The Morgan fingerprint density at radius 3 is 2.15 bits per heavy atom. The maximum absolute atomic E-state index is 13.4. The predicted octanol–water partition coefficient (Wildman–Crippen LogP) is 0.730. The Hall–Kier alpha value is -4.05.